The topological polar surface area (TPSA) is 43.4 Å². The smallest absolute Gasteiger partial charge is 0.343 e. The molecule has 0 unspecified atom stereocenters. The van der Waals surface area contributed by atoms with E-state index in [1.165, 1.54) is 0 Å². The first-order chi connectivity index (χ1) is 21.3. The molecule has 0 aliphatic carbocycles. The molecule has 0 spiro atoms. The maximum Gasteiger partial charge on any atom is 0.343 e. The first-order valence-corrected chi connectivity index (χ1v) is 15.2. The predicted octanol–water partition coefficient (Wildman–Crippen LogP) is 6.40. The summed E-state index contributed by atoms with van der Waals surface area (Å²) in [6, 6.07) is 34.6. The Morgan fingerprint density at radius 1 is 0.523 bits per heavy atom. The van der Waals surface area contributed by atoms with Crippen molar-refractivity contribution in [3.05, 3.63) is 162 Å². The van der Waals surface area contributed by atoms with E-state index in [2.05, 4.69) is 0 Å². The highest BCUT2D eigenvalue weighted by Gasteiger charge is 2.39. The number of benzene rings is 5. The average Bonchev–Trinajstić information content (AvgIpc) is 3.07. The molecule has 0 aliphatic rings. The summed E-state index contributed by atoms with van der Waals surface area (Å²) in [6.07, 6.45) is -1.28. The van der Waals surface area contributed by atoms with Gasteiger partial charge < -0.3 is 4.74 Å². The lowest BCUT2D eigenvalue weighted by Crippen LogP contribution is -2.39. The number of ketones is 1. The van der Waals surface area contributed by atoms with Crippen LogP contribution in [0.4, 0.5) is 22.0 Å². The maximum atomic E-state index is 14.9. The van der Waals surface area contributed by atoms with Gasteiger partial charge in [-0.2, -0.15) is 0 Å². The first kappa shape index (κ1) is 30.6. The van der Waals surface area contributed by atoms with Crippen molar-refractivity contribution in [1.82, 2.24) is 0 Å². The van der Waals surface area contributed by atoms with E-state index < -0.39 is 65.0 Å². The number of rotatable bonds is 9. The molecule has 5 aromatic carbocycles. The molecule has 222 valence electrons. The van der Waals surface area contributed by atoms with E-state index in [1.807, 2.05) is 0 Å². The SMILES string of the molecule is O=C(Cc1c(F)c(F)c(F)c(F)c1F)C(C(=O)OCc1ccccc1)=P(c1ccccc1)(c1ccccc1)c1ccccc1. The fraction of sp³-hybridized carbons (Fsp3) is 0.0571. The fourth-order valence-electron chi connectivity index (χ4n) is 5.07. The van der Waals surface area contributed by atoms with Crippen molar-refractivity contribution < 1.29 is 36.3 Å². The van der Waals surface area contributed by atoms with Gasteiger partial charge in [0.15, 0.2) is 29.1 Å². The lowest BCUT2D eigenvalue weighted by Gasteiger charge is -2.31. The number of carbonyl (C=O) groups is 2. The van der Waals surface area contributed by atoms with Crippen LogP contribution in [-0.2, 0) is 27.4 Å². The second-order valence-electron chi connectivity index (χ2n) is 9.74. The minimum atomic E-state index is -3.51. The summed E-state index contributed by atoms with van der Waals surface area (Å²) in [6.45, 7) is -3.75. The van der Waals surface area contributed by atoms with Crippen molar-refractivity contribution in [3.8, 4) is 0 Å². The van der Waals surface area contributed by atoms with E-state index in [0.29, 0.717) is 21.5 Å². The highest BCUT2D eigenvalue weighted by atomic mass is 31.2. The van der Waals surface area contributed by atoms with Crippen LogP contribution in [0.5, 0.6) is 0 Å². The van der Waals surface area contributed by atoms with Crippen molar-refractivity contribution in [2.45, 2.75) is 13.0 Å². The lowest BCUT2D eigenvalue weighted by atomic mass is 10.0. The molecular formula is C35H24F5O3P. The van der Waals surface area contributed by atoms with Gasteiger partial charge in [-0.1, -0.05) is 121 Å². The third-order valence-corrected chi connectivity index (χ3v) is 11.4. The largest absolute Gasteiger partial charge is 0.457 e. The summed E-state index contributed by atoms with van der Waals surface area (Å²) < 4.78 is 77.7. The summed E-state index contributed by atoms with van der Waals surface area (Å²) in [5.74, 6) is -13.2. The van der Waals surface area contributed by atoms with Crippen LogP contribution in [-0.4, -0.2) is 17.0 Å². The summed E-state index contributed by atoms with van der Waals surface area (Å²) >= 11 is 0. The van der Waals surface area contributed by atoms with Gasteiger partial charge in [0.2, 0.25) is 5.82 Å². The normalized spacial score (nSPS) is 11.2. The molecule has 0 bridgehead atoms. The van der Waals surface area contributed by atoms with Gasteiger partial charge in [-0.3, -0.25) is 4.79 Å². The third-order valence-electron chi connectivity index (χ3n) is 7.07. The molecule has 5 rings (SSSR count). The van der Waals surface area contributed by atoms with E-state index >= 15 is 0 Å². The Morgan fingerprint density at radius 3 is 1.30 bits per heavy atom. The summed E-state index contributed by atoms with van der Waals surface area (Å²) in [7, 11) is 0. The molecule has 0 aliphatic heterocycles. The molecule has 0 heterocycles. The van der Waals surface area contributed by atoms with Crippen molar-refractivity contribution in [3.63, 3.8) is 0 Å². The van der Waals surface area contributed by atoms with Gasteiger partial charge in [0.25, 0.3) is 0 Å². The average molecular weight is 619 g/mol. The standard InChI is InChI=1S/C35H24F5O3P/c36-29-27(30(37)32(39)33(40)31(29)38)21-28(41)34(35(42)43-22-23-13-5-1-6-14-23)44(24-15-7-2-8-16-24,25-17-9-3-10-18-25)26-19-11-4-12-20-26/h1-20H,21-22H2. The molecule has 0 aromatic heterocycles. The van der Waals surface area contributed by atoms with Gasteiger partial charge >= 0.3 is 5.97 Å². The van der Waals surface area contributed by atoms with Crippen LogP contribution in [0.2, 0.25) is 0 Å². The van der Waals surface area contributed by atoms with Crippen LogP contribution < -0.4 is 15.9 Å². The number of Topliss-reactive ketones (excluding diaryl/α,β-unsaturated/α-hetero) is 1. The fourth-order valence-corrected chi connectivity index (χ4v) is 9.39. The van der Waals surface area contributed by atoms with E-state index in [9.17, 15) is 31.5 Å². The summed E-state index contributed by atoms with van der Waals surface area (Å²) in [4.78, 5) is 28.6. The third kappa shape index (κ3) is 5.73. The Hall–Kier alpha value is -4.81. The van der Waals surface area contributed by atoms with Crippen LogP contribution >= 0.6 is 6.89 Å². The van der Waals surface area contributed by atoms with Crippen molar-refractivity contribution in [2.24, 2.45) is 0 Å². The number of ether oxygens (including phenoxy) is 1. The quantitative estimate of drug-likeness (QED) is 0.0480. The molecule has 5 aromatic rings. The second kappa shape index (κ2) is 13.2. The van der Waals surface area contributed by atoms with Crippen LogP contribution in [0.1, 0.15) is 11.1 Å². The number of carbonyl (C=O) groups excluding carboxylic acids is 2. The second-order valence-corrected chi connectivity index (χ2v) is 13.1. The molecule has 0 atom stereocenters. The number of hydrogen-bond acceptors (Lipinski definition) is 3. The monoisotopic (exact) mass is 618 g/mol. The molecule has 0 fully saturated rings. The first-order valence-electron chi connectivity index (χ1n) is 13.4. The molecule has 0 saturated carbocycles. The van der Waals surface area contributed by atoms with Gasteiger partial charge in [-0.15, -0.1) is 0 Å². The van der Waals surface area contributed by atoms with Gasteiger partial charge in [0.05, 0.1) is 0 Å². The van der Waals surface area contributed by atoms with E-state index in [-0.39, 0.29) is 6.61 Å². The van der Waals surface area contributed by atoms with E-state index in [0.717, 1.165) is 0 Å². The zero-order valence-corrected chi connectivity index (χ0v) is 23.9. The van der Waals surface area contributed by atoms with Crippen LogP contribution in [0.25, 0.3) is 0 Å². The number of hydrogen-bond donors (Lipinski definition) is 0. The Morgan fingerprint density at radius 2 is 0.886 bits per heavy atom. The molecule has 0 amide bonds. The Kier molecular flexibility index (Phi) is 9.21. The minimum Gasteiger partial charge on any atom is -0.457 e. The summed E-state index contributed by atoms with van der Waals surface area (Å²) in [5.41, 5.74) is -0.734. The molecule has 0 N–H and O–H groups in total. The zero-order chi connectivity index (χ0) is 31.3. The van der Waals surface area contributed by atoms with Gasteiger partial charge in [-0.25, -0.2) is 26.7 Å². The van der Waals surface area contributed by atoms with Gasteiger partial charge in [0.1, 0.15) is 11.9 Å². The maximum absolute atomic E-state index is 14.9. The lowest BCUT2D eigenvalue weighted by molar-refractivity contribution is -0.137. The molecule has 0 saturated heterocycles. The van der Waals surface area contributed by atoms with Crippen LogP contribution in [0, 0.1) is 29.1 Å². The van der Waals surface area contributed by atoms with Crippen molar-refractivity contribution >= 4 is 39.8 Å². The molecular weight excluding hydrogens is 594 g/mol. The molecule has 0 radical (unpaired) electrons. The zero-order valence-electron chi connectivity index (χ0n) is 23.0. The molecule has 44 heavy (non-hydrogen) atoms. The Labute approximate surface area is 250 Å². The Balaban J connectivity index is 1.86. The van der Waals surface area contributed by atoms with Gasteiger partial charge in [-0.05, 0) is 28.4 Å². The Bertz CT molecular complexity index is 1730. The van der Waals surface area contributed by atoms with Crippen LogP contribution in [0.3, 0.4) is 0 Å². The highest BCUT2D eigenvalue weighted by molar-refractivity contribution is 7.97. The predicted molar refractivity (Wildman–Crippen MR) is 161 cm³/mol. The van der Waals surface area contributed by atoms with E-state index in [4.69, 9.17) is 4.74 Å². The van der Waals surface area contributed by atoms with E-state index in [1.54, 1.807) is 121 Å². The molecule has 9 heteroatoms. The van der Waals surface area contributed by atoms with Crippen molar-refractivity contribution in [1.29, 1.82) is 0 Å². The summed E-state index contributed by atoms with van der Waals surface area (Å²) in [5, 5.41) is 1.15. The number of halogens is 5. The van der Waals surface area contributed by atoms with Gasteiger partial charge in [0, 0.05) is 12.0 Å². The molecule has 3 nitrogen and oxygen atoms in total. The number of esters is 1. The highest BCUT2D eigenvalue weighted by Crippen LogP contribution is 2.47. The van der Waals surface area contributed by atoms with Crippen LogP contribution in [0.15, 0.2) is 121 Å². The minimum absolute atomic E-state index is 0.239. The van der Waals surface area contributed by atoms with Crippen molar-refractivity contribution in [2.75, 3.05) is 0 Å².